The van der Waals surface area contributed by atoms with Crippen molar-refractivity contribution in [1.82, 2.24) is 0 Å². The molecule has 0 saturated carbocycles. The number of ether oxygens (including phenoxy) is 1. The lowest BCUT2D eigenvalue weighted by Gasteiger charge is -2.40. The van der Waals surface area contributed by atoms with Crippen molar-refractivity contribution in [3.05, 3.63) is 0 Å². The van der Waals surface area contributed by atoms with Gasteiger partial charge in [0.05, 0.1) is 17.1 Å². The summed E-state index contributed by atoms with van der Waals surface area (Å²) in [5.41, 5.74) is -0.605. The van der Waals surface area contributed by atoms with Gasteiger partial charge in [-0.3, -0.25) is 0 Å². The van der Waals surface area contributed by atoms with E-state index >= 15 is 0 Å². The summed E-state index contributed by atoms with van der Waals surface area (Å²) in [5.74, 6) is 0.903. The van der Waals surface area contributed by atoms with Gasteiger partial charge >= 0.3 is 0 Å². The molecule has 14 heavy (non-hydrogen) atoms. The highest BCUT2D eigenvalue weighted by molar-refractivity contribution is 5.14. The van der Waals surface area contributed by atoms with Gasteiger partial charge in [0.25, 0.3) is 0 Å². The molecule has 1 rings (SSSR count). The van der Waals surface area contributed by atoms with Gasteiger partial charge in [0.15, 0.2) is 0 Å². The van der Waals surface area contributed by atoms with E-state index in [1.54, 1.807) is 0 Å². The normalized spacial score (nSPS) is 32.9. The standard InChI is InChI=1S/C12H21NO/c1-9(2)10(3)12(8-13)6-7-14-11(12,4)5/h9-10H,6-7H2,1-5H3. The second-order valence-electron chi connectivity index (χ2n) is 5.22. The summed E-state index contributed by atoms with van der Waals surface area (Å²) in [6.07, 6.45) is 0.871. The first-order valence-electron chi connectivity index (χ1n) is 5.42. The highest BCUT2D eigenvalue weighted by Gasteiger charge is 2.54. The molecule has 0 amide bonds. The molecule has 0 radical (unpaired) electrons. The highest BCUT2D eigenvalue weighted by Crippen LogP contribution is 2.50. The van der Waals surface area contributed by atoms with Gasteiger partial charge in [-0.25, -0.2) is 0 Å². The van der Waals surface area contributed by atoms with Crippen LogP contribution >= 0.6 is 0 Å². The van der Waals surface area contributed by atoms with Gasteiger partial charge in [-0.1, -0.05) is 20.8 Å². The monoisotopic (exact) mass is 195 g/mol. The van der Waals surface area contributed by atoms with Crippen molar-refractivity contribution >= 4 is 0 Å². The number of hydrogen-bond donors (Lipinski definition) is 0. The van der Waals surface area contributed by atoms with Crippen molar-refractivity contribution < 1.29 is 4.74 Å². The molecule has 2 heteroatoms. The summed E-state index contributed by atoms with van der Waals surface area (Å²) in [4.78, 5) is 0. The maximum Gasteiger partial charge on any atom is 0.0907 e. The largest absolute Gasteiger partial charge is 0.374 e. The van der Waals surface area contributed by atoms with Gasteiger partial charge in [0.1, 0.15) is 0 Å². The van der Waals surface area contributed by atoms with E-state index in [0.717, 1.165) is 13.0 Å². The minimum atomic E-state index is -0.304. The van der Waals surface area contributed by atoms with E-state index in [-0.39, 0.29) is 11.0 Å². The molecule has 2 atom stereocenters. The van der Waals surface area contributed by atoms with E-state index in [9.17, 15) is 5.26 Å². The fraction of sp³-hybridized carbons (Fsp3) is 0.917. The average Bonchev–Trinajstić information content (AvgIpc) is 2.40. The number of nitriles is 1. The lowest BCUT2D eigenvalue weighted by Crippen LogP contribution is -2.45. The van der Waals surface area contributed by atoms with Crippen molar-refractivity contribution in [3.8, 4) is 6.07 Å². The first-order valence-corrected chi connectivity index (χ1v) is 5.42. The van der Waals surface area contributed by atoms with Crippen LogP contribution in [-0.4, -0.2) is 12.2 Å². The van der Waals surface area contributed by atoms with E-state index in [1.807, 2.05) is 13.8 Å². The van der Waals surface area contributed by atoms with Crippen LogP contribution in [0.5, 0.6) is 0 Å². The molecule has 1 heterocycles. The van der Waals surface area contributed by atoms with Crippen molar-refractivity contribution in [2.45, 2.75) is 46.6 Å². The van der Waals surface area contributed by atoms with Crippen LogP contribution in [-0.2, 0) is 4.74 Å². The Kier molecular flexibility index (Phi) is 2.92. The third-order valence-electron chi connectivity index (χ3n) is 4.01. The molecular weight excluding hydrogens is 174 g/mol. The highest BCUT2D eigenvalue weighted by atomic mass is 16.5. The van der Waals surface area contributed by atoms with Crippen LogP contribution in [0.3, 0.4) is 0 Å². The minimum absolute atomic E-state index is 0.300. The number of hydrogen-bond acceptors (Lipinski definition) is 2. The second kappa shape index (κ2) is 3.55. The molecule has 1 aliphatic rings. The van der Waals surface area contributed by atoms with Crippen LogP contribution in [0.2, 0.25) is 0 Å². The second-order valence-corrected chi connectivity index (χ2v) is 5.22. The van der Waals surface area contributed by atoms with E-state index in [0.29, 0.717) is 11.8 Å². The van der Waals surface area contributed by atoms with Crippen molar-refractivity contribution in [2.75, 3.05) is 6.61 Å². The third-order valence-corrected chi connectivity index (χ3v) is 4.01. The van der Waals surface area contributed by atoms with Crippen molar-refractivity contribution in [3.63, 3.8) is 0 Å². The first-order chi connectivity index (χ1) is 6.37. The van der Waals surface area contributed by atoms with E-state index < -0.39 is 0 Å². The Bertz CT molecular complexity index is 252. The molecule has 0 aliphatic carbocycles. The SMILES string of the molecule is CC(C)C(C)C1(C#N)CCOC1(C)C. The summed E-state index contributed by atoms with van der Waals surface area (Å²) in [6, 6.07) is 2.52. The molecule has 80 valence electrons. The molecule has 1 saturated heterocycles. The van der Waals surface area contributed by atoms with Gasteiger partial charge in [0.2, 0.25) is 0 Å². The fourth-order valence-corrected chi connectivity index (χ4v) is 2.53. The molecule has 0 N–H and O–H groups in total. The summed E-state index contributed by atoms with van der Waals surface area (Å²) in [5, 5.41) is 9.44. The Morgan fingerprint density at radius 2 is 1.86 bits per heavy atom. The third kappa shape index (κ3) is 1.44. The molecule has 0 spiro atoms. The Labute approximate surface area is 87.3 Å². The van der Waals surface area contributed by atoms with Gasteiger partial charge in [-0.2, -0.15) is 5.26 Å². The number of rotatable bonds is 2. The predicted octanol–water partition coefficient (Wildman–Crippen LogP) is 2.99. The smallest absolute Gasteiger partial charge is 0.0907 e. The van der Waals surface area contributed by atoms with Gasteiger partial charge in [-0.05, 0) is 32.1 Å². The molecule has 0 aromatic heterocycles. The minimum Gasteiger partial charge on any atom is -0.374 e. The zero-order valence-electron chi connectivity index (χ0n) is 9.92. The molecule has 2 unspecified atom stereocenters. The van der Waals surface area contributed by atoms with E-state index in [2.05, 4.69) is 26.8 Å². The van der Waals surface area contributed by atoms with Crippen molar-refractivity contribution in [1.29, 1.82) is 5.26 Å². The van der Waals surface area contributed by atoms with Gasteiger partial charge < -0.3 is 4.74 Å². The molecule has 1 fully saturated rings. The maximum absolute atomic E-state index is 9.44. The molecular formula is C12H21NO. The zero-order chi connectivity index (χ0) is 11.0. The summed E-state index contributed by atoms with van der Waals surface area (Å²) < 4.78 is 5.70. The van der Waals surface area contributed by atoms with Gasteiger partial charge in [-0.15, -0.1) is 0 Å². The van der Waals surface area contributed by atoms with Gasteiger partial charge in [0, 0.05) is 6.61 Å². The number of nitrogens with zero attached hydrogens (tertiary/aromatic N) is 1. The molecule has 0 aromatic rings. The Hall–Kier alpha value is -0.550. The Morgan fingerprint density at radius 3 is 2.14 bits per heavy atom. The predicted molar refractivity (Wildman–Crippen MR) is 56.7 cm³/mol. The van der Waals surface area contributed by atoms with Crippen LogP contribution in [0, 0.1) is 28.6 Å². The van der Waals surface area contributed by atoms with Crippen molar-refractivity contribution in [2.24, 2.45) is 17.3 Å². The maximum atomic E-state index is 9.44. The molecule has 2 nitrogen and oxygen atoms in total. The zero-order valence-corrected chi connectivity index (χ0v) is 9.92. The lowest BCUT2D eigenvalue weighted by atomic mass is 9.63. The van der Waals surface area contributed by atoms with Crippen LogP contribution in [0.1, 0.15) is 41.0 Å². The van der Waals surface area contributed by atoms with Crippen LogP contribution in [0.25, 0.3) is 0 Å². The Morgan fingerprint density at radius 1 is 1.29 bits per heavy atom. The van der Waals surface area contributed by atoms with E-state index in [1.165, 1.54) is 0 Å². The fourth-order valence-electron chi connectivity index (χ4n) is 2.53. The molecule has 1 aliphatic heterocycles. The summed E-state index contributed by atoms with van der Waals surface area (Å²) in [7, 11) is 0. The first kappa shape index (κ1) is 11.5. The molecule has 0 bridgehead atoms. The topological polar surface area (TPSA) is 33.0 Å². The quantitative estimate of drug-likeness (QED) is 0.678. The van der Waals surface area contributed by atoms with Crippen LogP contribution in [0.15, 0.2) is 0 Å². The summed E-state index contributed by atoms with van der Waals surface area (Å²) >= 11 is 0. The average molecular weight is 195 g/mol. The lowest BCUT2D eigenvalue weighted by molar-refractivity contribution is -0.0380. The van der Waals surface area contributed by atoms with Crippen LogP contribution < -0.4 is 0 Å². The summed E-state index contributed by atoms with van der Waals surface area (Å²) in [6.45, 7) is 11.3. The Balaban J connectivity index is 3.04. The van der Waals surface area contributed by atoms with Crippen LogP contribution in [0.4, 0.5) is 0 Å². The molecule has 0 aromatic carbocycles. The van der Waals surface area contributed by atoms with E-state index in [4.69, 9.17) is 4.74 Å².